The van der Waals surface area contributed by atoms with E-state index in [0.717, 1.165) is 5.56 Å². The van der Waals surface area contributed by atoms with E-state index in [1.807, 2.05) is 25.9 Å². The summed E-state index contributed by atoms with van der Waals surface area (Å²) >= 11 is 0. The van der Waals surface area contributed by atoms with Crippen molar-refractivity contribution < 1.29 is 27.8 Å². The van der Waals surface area contributed by atoms with E-state index < -0.39 is 18.2 Å². The zero-order valence-electron chi connectivity index (χ0n) is 19.8. The number of carbonyl (C=O) groups excluding carboxylic acids is 2. The summed E-state index contributed by atoms with van der Waals surface area (Å²) in [4.78, 5) is 27.9. The van der Waals surface area contributed by atoms with Crippen molar-refractivity contribution in [3.63, 3.8) is 0 Å². The van der Waals surface area contributed by atoms with Gasteiger partial charge in [0, 0.05) is 11.3 Å². The molecule has 184 valence electrons. The smallest absolute Gasteiger partial charge is 0.414 e. The zero-order valence-corrected chi connectivity index (χ0v) is 19.8. The molecule has 1 saturated heterocycles. The van der Waals surface area contributed by atoms with E-state index >= 15 is 0 Å². The summed E-state index contributed by atoms with van der Waals surface area (Å²) in [6, 6.07) is 7.87. The maximum atomic E-state index is 14.8. The number of hydrogen-bond acceptors (Lipinski definition) is 5. The van der Waals surface area contributed by atoms with Crippen LogP contribution in [0, 0.1) is 6.92 Å². The summed E-state index contributed by atoms with van der Waals surface area (Å²) in [5, 5.41) is 0. The molecular weight excluding hydrogens is 456 g/mol. The number of aryl methyl sites for hydroxylation is 1. The number of likely N-dealkylation sites (N-methyl/N-ethyl adjacent to an activating group) is 1. The number of anilines is 1. The van der Waals surface area contributed by atoms with Gasteiger partial charge in [-0.3, -0.25) is 9.69 Å². The zero-order chi connectivity index (χ0) is 25.3. The van der Waals surface area contributed by atoms with E-state index in [-0.39, 0.29) is 24.3 Å². The highest BCUT2D eigenvalue weighted by molar-refractivity contribution is 5.92. The molecule has 0 radical (unpaired) electrons. The highest BCUT2D eigenvalue weighted by atomic mass is 19.3. The van der Waals surface area contributed by atoms with Gasteiger partial charge in [0.05, 0.1) is 24.4 Å². The Hall–Kier alpha value is -3.72. The topological polar surface area (TPSA) is 62.3 Å². The second-order valence-electron chi connectivity index (χ2n) is 8.84. The largest absolute Gasteiger partial charge is 0.493 e. The fourth-order valence-electron chi connectivity index (χ4n) is 4.22. The predicted molar refractivity (Wildman–Crippen MR) is 129 cm³/mol. The molecule has 35 heavy (non-hydrogen) atoms. The van der Waals surface area contributed by atoms with Crippen LogP contribution in [-0.4, -0.2) is 62.2 Å². The molecule has 0 bridgehead atoms. The van der Waals surface area contributed by atoms with Crippen LogP contribution in [0.25, 0.3) is 11.8 Å². The fourth-order valence-corrected chi connectivity index (χ4v) is 4.22. The normalized spacial score (nSPS) is 19.8. The van der Waals surface area contributed by atoms with E-state index in [2.05, 4.69) is 6.58 Å². The van der Waals surface area contributed by atoms with Gasteiger partial charge in [0.15, 0.2) is 6.10 Å². The lowest BCUT2D eigenvalue weighted by Gasteiger charge is -2.21. The average molecular weight is 484 g/mol. The van der Waals surface area contributed by atoms with Crippen LogP contribution < -0.4 is 4.90 Å². The number of fused-ring (bicyclic) bond motifs is 1. The molecule has 1 atom stereocenters. The Morgan fingerprint density at radius 1 is 1.29 bits per heavy atom. The highest BCUT2D eigenvalue weighted by Crippen LogP contribution is 2.47. The first-order valence-corrected chi connectivity index (χ1v) is 11.1. The van der Waals surface area contributed by atoms with Gasteiger partial charge in [0.25, 0.3) is 0 Å². The Labute approximate surface area is 202 Å². The molecule has 2 amide bonds. The van der Waals surface area contributed by atoms with Crippen molar-refractivity contribution in [1.82, 2.24) is 9.80 Å². The van der Waals surface area contributed by atoms with Gasteiger partial charge < -0.3 is 14.4 Å². The number of hydrogen-bond donors (Lipinski definition) is 0. The molecule has 2 aliphatic heterocycles. The molecule has 0 spiro atoms. The summed E-state index contributed by atoms with van der Waals surface area (Å²) in [7, 11) is 3.81. The molecule has 1 unspecified atom stereocenters. The monoisotopic (exact) mass is 483 g/mol. The summed E-state index contributed by atoms with van der Waals surface area (Å²) in [5.41, 5.74) is 2.22. The van der Waals surface area contributed by atoms with E-state index in [4.69, 9.17) is 9.47 Å². The quantitative estimate of drug-likeness (QED) is 0.316. The molecule has 2 heterocycles. The summed E-state index contributed by atoms with van der Waals surface area (Å²) in [5.74, 6) is 0.584. The number of carbonyl (C=O) groups is 2. The van der Waals surface area contributed by atoms with Crippen molar-refractivity contribution in [2.24, 2.45) is 0 Å². The molecule has 9 heteroatoms. The third-order valence-corrected chi connectivity index (χ3v) is 5.89. The van der Waals surface area contributed by atoms with Crippen LogP contribution in [0.4, 0.5) is 19.3 Å². The number of amides is 2. The average Bonchev–Trinajstić information content (AvgIpc) is 3.27. The fraction of sp³-hybridized carbons (Fsp3) is 0.308. The van der Waals surface area contributed by atoms with E-state index in [9.17, 15) is 18.4 Å². The standard InChI is InChI=1S/C26H27F2N3O4/c1-17-11-20(30-14-21(35-25(30)33)15-34-18(2)13-29(3)4)10-9-19(17)12-24-22-7-5-6-8-23(22)26(27,28)31(24)16-32/h5-12,16,21H,2,13-15H2,1,3-4H3/b24-12-. The second-order valence-corrected chi connectivity index (χ2v) is 8.84. The van der Waals surface area contributed by atoms with Gasteiger partial charge in [0.1, 0.15) is 12.4 Å². The molecule has 2 aliphatic rings. The molecule has 0 saturated carbocycles. The number of ether oxygens (including phenoxy) is 2. The summed E-state index contributed by atoms with van der Waals surface area (Å²) in [6.45, 7) is 6.75. The molecule has 7 nitrogen and oxygen atoms in total. The molecule has 0 aliphatic carbocycles. The SMILES string of the molecule is C=C(CN(C)C)OCC1CN(c2ccc(/C=C3/c4ccccc4C(F)(F)N3C=O)c(C)c2)C(=O)O1. The van der Waals surface area contributed by atoms with Crippen LogP contribution in [0.2, 0.25) is 0 Å². The molecule has 2 aromatic rings. The van der Waals surface area contributed by atoms with Crippen LogP contribution in [0.3, 0.4) is 0 Å². The maximum Gasteiger partial charge on any atom is 0.414 e. The number of alkyl halides is 2. The Morgan fingerprint density at radius 2 is 2.03 bits per heavy atom. The van der Waals surface area contributed by atoms with E-state index in [1.165, 1.54) is 17.0 Å². The second kappa shape index (κ2) is 9.50. The molecule has 2 aromatic carbocycles. The lowest BCUT2D eigenvalue weighted by atomic mass is 10.0. The minimum absolute atomic E-state index is 0.118. The van der Waals surface area contributed by atoms with Gasteiger partial charge >= 0.3 is 12.1 Å². The molecular formula is C26H27F2N3O4. The Balaban J connectivity index is 1.53. The van der Waals surface area contributed by atoms with Crippen molar-refractivity contribution in [2.45, 2.75) is 19.1 Å². The van der Waals surface area contributed by atoms with Crippen LogP contribution >= 0.6 is 0 Å². The Morgan fingerprint density at radius 3 is 2.71 bits per heavy atom. The lowest BCUT2D eigenvalue weighted by molar-refractivity contribution is -0.146. The number of rotatable bonds is 8. The highest BCUT2D eigenvalue weighted by Gasteiger charge is 2.49. The molecule has 0 aromatic heterocycles. The van der Waals surface area contributed by atoms with E-state index in [1.54, 1.807) is 36.4 Å². The Kier molecular flexibility index (Phi) is 6.62. The Bertz CT molecular complexity index is 1190. The van der Waals surface area contributed by atoms with Gasteiger partial charge in [-0.05, 0) is 50.4 Å². The van der Waals surface area contributed by atoms with Gasteiger partial charge in [-0.2, -0.15) is 8.78 Å². The van der Waals surface area contributed by atoms with Gasteiger partial charge in [-0.25, -0.2) is 9.69 Å². The number of benzene rings is 2. The van der Waals surface area contributed by atoms with Crippen molar-refractivity contribution >= 4 is 30.0 Å². The van der Waals surface area contributed by atoms with Crippen LogP contribution in [0.1, 0.15) is 22.3 Å². The maximum absolute atomic E-state index is 14.8. The summed E-state index contributed by atoms with van der Waals surface area (Å²) < 4.78 is 40.5. The van der Waals surface area contributed by atoms with Crippen molar-refractivity contribution in [3.8, 4) is 0 Å². The first kappa shape index (κ1) is 24.4. The van der Waals surface area contributed by atoms with Gasteiger partial charge in [-0.15, -0.1) is 0 Å². The first-order valence-electron chi connectivity index (χ1n) is 11.1. The van der Waals surface area contributed by atoms with Crippen LogP contribution in [0.5, 0.6) is 0 Å². The van der Waals surface area contributed by atoms with Gasteiger partial charge in [0.2, 0.25) is 6.41 Å². The minimum atomic E-state index is -3.42. The number of nitrogens with zero attached hydrogens (tertiary/aromatic N) is 3. The number of cyclic esters (lactones) is 1. The molecule has 4 rings (SSSR count). The molecule has 1 fully saturated rings. The lowest BCUT2D eigenvalue weighted by Crippen LogP contribution is -2.30. The third-order valence-electron chi connectivity index (χ3n) is 5.89. The summed E-state index contributed by atoms with van der Waals surface area (Å²) in [6.07, 6.45) is 0.772. The minimum Gasteiger partial charge on any atom is -0.493 e. The number of halogens is 2. The van der Waals surface area contributed by atoms with E-state index in [0.29, 0.717) is 40.6 Å². The van der Waals surface area contributed by atoms with Crippen LogP contribution in [-0.2, 0) is 20.3 Å². The predicted octanol–water partition coefficient (Wildman–Crippen LogP) is 4.43. The van der Waals surface area contributed by atoms with Crippen molar-refractivity contribution in [2.75, 3.05) is 38.7 Å². The van der Waals surface area contributed by atoms with Crippen molar-refractivity contribution in [3.05, 3.63) is 77.1 Å². The first-order chi connectivity index (χ1) is 16.6. The van der Waals surface area contributed by atoms with Gasteiger partial charge in [-0.1, -0.05) is 36.9 Å². The van der Waals surface area contributed by atoms with Crippen LogP contribution in [0.15, 0.2) is 54.8 Å². The molecule has 0 N–H and O–H groups in total. The third kappa shape index (κ3) is 4.77. The van der Waals surface area contributed by atoms with Crippen molar-refractivity contribution in [1.29, 1.82) is 0 Å².